The third-order valence-electron chi connectivity index (χ3n) is 4.38. The van der Waals surface area contributed by atoms with Crippen molar-refractivity contribution >= 4 is 27.3 Å². The summed E-state index contributed by atoms with van der Waals surface area (Å²) in [7, 11) is -3.11. The number of anilines is 3. The average molecular weight is 376 g/mol. The first kappa shape index (κ1) is 18.6. The predicted molar refractivity (Wildman–Crippen MR) is 103 cm³/mol. The molecule has 1 aromatic heterocycles. The number of benzene rings is 1. The fraction of sp³-hybridized carbons (Fsp3) is 0.412. The van der Waals surface area contributed by atoms with E-state index in [0.717, 1.165) is 29.9 Å². The van der Waals surface area contributed by atoms with Crippen LogP contribution in [0.5, 0.6) is 0 Å². The molecule has 140 valence electrons. The first-order valence-electron chi connectivity index (χ1n) is 8.54. The molecule has 4 N–H and O–H groups in total. The molecule has 2 heterocycles. The molecule has 0 atom stereocenters. The second-order valence-electron chi connectivity index (χ2n) is 6.40. The van der Waals surface area contributed by atoms with Gasteiger partial charge in [-0.3, -0.25) is 0 Å². The molecule has 0 radical (unpaired) electrons. The molecule has 0 spiro atoms. The van der Waals surface area contributed by atoms with Crippen molar-refractivity contribution in [2.24, 2.45) is 5.73 Å². The molecule has 1 aliphatic rings. The Labute approximate surface area is 153 Å². The van der Waals surface area contributed by atoms with E-state index in [9.17, 15) is 8.42 Å². The Bertz CT molecular complexity index is 850. The number of nitrogens with zero attached hydrogens (tertiary/aromatic N) is 3. The molecule has 1 saturated heterocycles. The van der Waals surface area contributed by atoms with Crippen LogP contribution in [0.2, 0.25) is 0 Å². The summed E-state index contributed by atoms with van der Waals surface area (Å²) in [5.74, 6) is 1.40. The molecule has 1 aliphatic heterocycles. The average Bonchev–Trinajstić information content (AvgIpc) is 2.62. The number of nitrogens with one attached hydrogen (secondary N) is 2. The van der Waals surface area contributed by atoms with E-state index in [2.05, 4.69) is 20.6 Å². The lowest BCUT2D eigenvalue weighted by atomic mass is 10.1. The highest BCUT2D eigenvalue weighted by Crippen LogP contribution is 2.20. The highest BCUT2D eigenvalue weighted by molar-refractivity contribution is 7.88. The van der Waals surface area contributed by atoms with Gasteiger partial charge in [-0.25, -0.2) is 22.7 Å². The first-order valence-corrected chi connectivity index (χ1v) is 10.4. The van der Waals surface area contributed by atoms with Crippen LogP contribution in [-0.2, 0) is 16.6 Å². The van der Waals surface area contributed by atoms with Crippen molar-refractivity contribution in [3.63, 3.8) is 0 Å². The Balaban J connectivity index is 1.61. The van der Waals surface area contributed by atoms with Gasteiger partial charge in [0.15, 0.2) is 0 Å². The van der Waals surface area contributed by atoms with Crippen molar-refractivity contribution in [2.45, 2.75) is 25.4 Å². The Kier molecular flexibility index (Phi) is 5.70. The van der Waals surface area contributed by atoms with E-state index < -0.39 is 10.0 Å². The van der Waals surface area contributed by atoms with E-state index in [-0.39, 0.29) is 6.04 Å². The smallest absolute Gasteiger partial charge is 0.211 e. The van der Waals surface area contributed by atoms with Crippen LogP contribution in [0.25, 0.3) is 0 Å². The largest absolute Gasteiger partial charge is 0.367 e. The third kappa shape index (κ3) is 4.90. The highest BCUT2D eigenvalue weighted by atomic mass is 32.2. The lowest BCUT2D eigenvalue weighted by Crippen LogP contribution is -2.41. The number of hydrogen-bond acceptors (Lipinski definition) is 7. The summed E-state index contributed by atoms with van der Waals surface area (Å²) in [5, 5.41) is 6.62. The fourth-order valence-corrected chi connectivity index (χ4v) is 3.84. The van der Waals surface area contributed by atoms with Gasteiger partial charge in [-0.05, 0) is 30.5 Å². The molecule has 0 saturated carbocycles. The van der Waals surface area contributed by atoms with Crippen LogP contribution in [0.4, 0.5) is 17.3 Å². The maximum atomic E-state index is 11.6. The zero-order chi connectivity index (χ0) is 18.6. The van der Waals surface area contributed by atoms with Crippen LogP contribution in [0.1, 0.15) is 18.4 Å². The summed E-state index contributed by atoms with van der Waals surface area (Å²) in [6, 6.07) is 9.89. The van der Waals surface area contributed by atoms with E-state index in [1.807, 2.05) is 30.3 Å². The summed E-state index contributed by atoms with van der Waals surface area (Å²) in [4.78, 5) is 8.51. The molecule has 1 fully saturated rings. The lowest BCUT2D eigenvalue weighted by molar-refractivity contribution is 0.331. The SMILES string of the molecule is CS(=O)(=O)N1CCC(Nc2cc(Nc3cccc(CN)c3)ncn2)CC1. The van der Waals surface area contributed by atoms with E-state index in [1.54, 1.807) is 0 Å². The molecule has 1 aromatic carbocycles. The summed E-state index contributed by atoms with van der Waals surface area (Å²) >= 11 is 0. The summed E-state index contributed by atoms with van der Waals surface area (Å²) in [6.45, 7) is 1.54. The van der Waals surface area contributed by atoms with Gasteiger partial charge in [0.05, 0.1) is 6.26 Å². The molecule has 8 nitrogen and oxygen atoms in total. The first-order chi connectivity index (χ1) is 12.4. The number of sulfonamides is 1. The van der Waals surface area contributed by atoms with Gasteiger partial charge in [0.1, 0.15) is 18.0 Å². The minimum atomic E-state index is -3.11. The quantitative estimate of drug-likeness (QED) is 0.700. The van der Waals surface area contributed by atoms with Crippen LogP contribution in [-0.4, -0.2) is 48.1 Å². The molecule has 2 aromatic rings. The van der Waals surface area contributed by atoms with E-state index in [1.165, 1.54) is 16.9 Å². The minimum Gasteiger partial charge on any atom is -0.367 e. The lowest BCUT2D eigenvalue weighted by Gasteiger charge is -2.30. The van der Waals surface area contributed by atoms with Gasteiger partial charge in [-0.1, -0.05) is 12.1 Å². The number of aromatic nitrogens is 2. The Morgan fingerprint density at radius 1 is 1.19 bits per heavy atom. The minimum absolute atomic E-state index is 0.191. The zero-order valence-corrected chi connectivity index (χ0v) is 15.5. The van der Waals surface area contributed by atoms with Crippen molar-refractivity contribution < 1.29 is 8.42 Å². The van der Waals surface area contributed by atoms with E-state index >= 15 is 0 Å². The van der Waals surface area contributed by atoms with E-state index in [0.29, 0.717) is 25.5 Å². The Morgan fingerprint density at radius 2 is 1.92 bits per heavy atom. The Hall–Kier alpha value is -2.23. The second-order valence-corrected chi connectivity index (χ2v) is 8.38. The molecular formula is C17H24N6O2S. The molecule has 26 heavy (non-hydrogen) atoms. The van der Waals surface area contributed by atoms with Crippen molar-refractivity contribution in [1.82, 2.24) is 14.3 Å². The highest BCUT2D eigenvalue weighted by Gasteiger charge is 2.24. The molecular weight excluding hydrogens is 352 g/mol. The maximum absolute atomic E-state index is 11.6. The predicted octanol–water partition coefficient (Wildman–Crippen LogP) is 1.51. The molecule has 0 unspecified atom stereocenters. The van der Waals surface area contributed by atoms with Crippen molar-refractivity contribution in [1.29, 1.82) is 0 Å². The molecule has 0 aliphatic carbocycles. The topological polar surface area (TPSA) is 113 Å². The number of piperidine rings is 1. The number of rotatable bonds is 6. The van der Waals surface area contributed by atoms with Crippen LogP contribution in [0.3, 0.4) is 0 Å². The van der Waals surface area contributed by atoms with Gasteiger partial charge in [0, 0.05) is 37.4 Å². The van der Waals surface area contributed by atoms with Gasteiger partial charge >= 0.3 is 0 Å². The maximum Gasteiger partial charge on any atom is 0.211 e. The van der Waals surface area contributed by atoms with Crippen LogP contribution in [0.15, 0.2) is 36.7 Å². The number of nitrogens with two attached hydrogens (primary N) is 1. The van der Waals surface area contributed by atoms with Crippen molar-refractivity contribution in [2.75, 3.05) is 30.0 Å². The number of hydrogen-bond donors (Lipinski definition) is 3. The van der Waals surface area contributed by atoms with Gasteiger partial charge < -0.3 is 16.4 Å². The van der Waals surface area contributed by atoms with Crippen LogP contribution >= 0.6 is 0 Å². The van der Waals surface area contributed by atoms with Crippen molar-refractivity contribution in [3.05, 3.63) is 42.2 Å². The Morgan fingerprint density at radius 3 is 2.62 bits per heavy atom. The summed E-state index contributed by atoms with van der Waals surface area (Å²) in [6.07, 6.45) is 4.25. The molecule has 0 amide bonds. The molecule has 9 heteroatoms. The van der Waals surface area contributed by atoms with Gasteiger partial charge in [-0.2, -0.15) is 0 Å². The van der Waals surface area contributed by atoms with Gasteiger partial charge in [-0.15, -0.1) is 0 Å². The normalized spacial score (nSPS) is 16.4. The van der Waals surface area contributed by atoms with E-state index in [4.69, 9.17) is 5.73 Å². The monoisotopic (exact) mass is 376 g/mol. The molecule has 0 bridgehead atoms. The standard InChI is InChI=1S/C17H24N6O2S/c1-26(24,25)23-7-5-14(6-8-23)21-16-10-17(20-12-19-16)22-15-4-2-3-13(9-15)11-18/h2-4,9-10,12,14H,5-8,11,18H2,1H3,(H2,19,20,21,22). The third-order valence-corrected chi connectivity index (χ3v) is 5.68. The fourth-order valence-electron chi connectivity index (χ4n) is 2.97. The van der Waals surface area contributed by atoms with Crippen LogP contribution in [0, 0.1) is 0 Å². The second kappa shape index (κ2) is 7.98. The summed E-state index contributed by atoms with van der Waals surface area (Å²) < 4.78 is 24.7. The van der Waals surface area contributed by atoms with Gasteiger partial charge in [0.2, 0.25) is 10.0 Å². The van der Waals surface area contributed by atoms with Crippen LogP contribution < -0.4 is 16.4 Å². The summed E-state index contributed by atoms with van der Waals surface area (Å²) in [5.41, 5.74) is 7.63. The van der Waals surface area contributed by atoms with Crippen molar-refractivity contribution in [3.8, 4) is 0 Å². The van der Waals surface area contributed by atoms with Gasteiger partial charge in [0.25, 0.3) is 0 Å². The molecule has 3 rings (SSSR count). The zero-order valence-electron chi connectivity index (χ0n) is 14.7.